The molecule has 0 saturated carbocycles. The van der Waals surface area contributed by atoms with Gasteiger partial charge >= 0.3 is 0 Å². The fraction of sp³-hybridized carbons (Fsp3) is 0.0909. The predicted molar refractivity (Wildman–Crippen MR) is 107 cm³/mol. The van der Waals surface area contributed by atoms with Crippen molar-refractivity contribution < 1.29 is 4.39 Å². The van der Waals surface area contributed by atoms with Crippen LogP contribution < -0.4 is 4.80 Å². The normalized spacial score (nSPS) is 11.7. The summed E-state index contributed by atoms with van der Waals surface area (Å²) in [7, 11) is 0. The summed E-state index contributed by atoms with van der Waals surface area (Å²) >= 11 is 1.61. The third-order valence-electron chi connectivity index (χ3n) is 4.28. The van der Waals surface area contributed by atoms with E-state index in [2.05, 4.69) is 27.1 Å². The molecule has 0 aliphatic heterocycles. The molecule has 2 heterocycles. The molecular weight excluding hydrogens is 357 g/mol. The molecule has 27 heavy (non-hydrogen) atoms. The van der Waals surface area contributed by atoms with E-state index in [1.165, 1.54) is 12.1 Å². The average Bonchev–Trinajstić information content (AvgIpc) is 3.11. The standard InChI is InChI=1S/C22H18FN3S/c23-19-10-8-17(9-11-19)12-14-26-21(18-5-2-1-3-6-18)16-27-22(26)25-20-7-4-13-24-15-20/h1-11,13,15-16H,12,14H2. The number of benzene rings is 2. The third-order valence-corrected chi connectivity index (χ3v) is 5.14. The number of hydrogen-bond donors (Lipinski definition) is 0. The molecule has 0 aliphatic carbocycles. The quantitative estimate of drug-likeness (QED) is 0.470. The van der Waals surface area contributed by atoms with Gasteiger partial charge in [0.05, 0.1) is 17.6 Å². The van der Waals surface area contributed by atoms with E-state index in [0.29, 0.717) is 0 Å². The second-order valence-corrected chi connectivity index (χ2v) is 6.96. The van der Waals surface area contributed by atoms with Crippen LogP contribution in [0.5, 0.6) is 0 Å². The van der Waals surface area contributed by atoms with Crippen LogP contribution in [0, 0.1) is 5.82 Å². The Kier molecular flexibility index (Phi) is 5.21. The van der Waals surface area contributed by atoms with E-state index >= 15 is 0 Å². The van der Waals surface area contributed by atoms with Crippen molar-refractivity contribution in [3.8, 4) is 11.3 Å². The Bertz CT molecular complexity index is 1070. The van der Waals surface area contributed by atoms with Gasteiger partial charge in [-0.15, -0.1) is 11.3 Å². The first-order valence-corrected chi connectivity index (χ1v) is 9.60. The van der Waals surface area contributed by atoms with Crippen molar-refractivity contribution in [3.63, 3.8) is 0 Å². The van der Waals surface area contributed by atoms with Gasteiger partial charge in [0.1, 0.15) is 5.82 Å². The molecule has 0 aliphatic rings. The summed E-state index contributed by atoms with van der Waals surface area (Å²) in [6.07, 6.45) is 4.30. The van der Waals surface area contributed by atoms with Crippen LogP contribution in [-0.2, 0) is 13.0 Å². The summed E-state index contributed by atoms with van der Waals surface area (Å²) in [6, 6.07) is 20.8. The van der Waals surface area contributed by atoms with Crippen molar-refractivity contribution in [1.29, 1.82) is 0 Å². The highest BCUT2D eigenvalue weighted by Crippen LogP contribution is 2.21. The largest absolute Gasteiger partial charge is 0.316 e. The monoisotopic (exact) mass is 375 g/mol. The molecule has 2 aromatic heterocycles. The highest BCUT2D eigenvalue weighted by molar-refractivity contribution is 7.07. The number of pyridine rings is 1. The van der Waals surface area contributed by atoms with Crippen LogP contribution in [0.2, 0.25) is 0 Å². The van der Waals surface area contributed by atoms with Crippen LogP contribution in [0.3, 0.4) is 0 Å². The Morgan fingerprint density at radius 3 is 2.52 bits per heavy atom. The first-order chi connectivity index (χ1) is 13.3. The molecule has 0 atom stereocenters. The molecule has 4 rings (SSSR count). The van der Waals surface area contributed by atoms with E-state index in [0.717, 1.165) is 40.3 Å². The SMILES string of the molecule is Fc1ccc(CCn2c(-c3ccccc3)csc2=Nc2cccnc2)cc1. The zero-order chi connectivity index (χ0) is 18.5. The Morgan fingerprint density at radius 2 is 1.78 bits per heavy atom. The first kappa shape index (κ1) is 17.4. The summed E-state index contributed by atoms with van der Waals surface area (Å²) in [6.45, 7) is 0.762. The third kappa shape index (κ3) is 4.20. The molecule has 0 amide bonds. The van der Waals surface area contributed by atoms with Crippen molar-refractivity contribution in [2.75, 3.05) is 0 Å². The van der Waals surface area contributed by atoms with Gasteiger partial charge in [-0.1, -0.05) is 42.5 Å². The Balaban J connectivity index is 1.72. The molecule has 134 valence electrons. The van der Waals surface area contributed by atoms with Gasteiger partial charge in [0.25, 0.3) is 0 Å². The van der Waals surface area contributed by atoms with Gasteiger partial charge in [-0.25, -0.2) is 9.38 Å². The van der Waals surface area contributed by atoms with Crippen LogP contribution in [0.15, 0.2) is 89.5 Å². The van der Waals surface area contributed by atoms with Gasteiger partial charge in [-0.2, -0.15) is 0 Å². The van der Waals surface area contributed by atoms with E-state index < -0.39 is 0 Å². The summed E-state index contributed by atoms with van der Waals surface area (Å²) in [4.78, 5) is 9.84. The fourth-order valence-electron chi connectivity index (χ4n) is 2.90. The molecule has 0 radical (unpaired) electrons. The smallest absolute Gasteiger partial charge is 0.190 e. The molecule has 4 aromatic rings. The van der Waals surface area contributed by atoms with Gasteiger partial charge in [0.15, 0.2) is 4.80 Å². The average molecular weight is 375 g/mol. The second kappa shape index (κ2) is 8.10. The molecule has 0 fully saturated rings. The minimum absolute atomic E-state index is 0.209. The number of aryl methyl sites for hydroxylation is 1. The maximum Gasteiger partial charge on any atom is 0.190 e. The number of nitrogens with zero attached hydrogens (tertiary/aromatic N) is 3. The molecule has 0 bridgehead atoms. The van der Waals surface area contributed by atoms with Gasteiger partial charge in [0.2, 0.25) is 0 Å². The van der Waals surface area contributed by atoms with Gasteiger partial charge < -0.3 is 4.57 Å². The van der Waals surface area contributed by atoms with Crippen LogP contribution in [0.1, 0.15) is 5.56 Å². The van der Waals surface area contributed by atoms with Gasteiger partial charge in [-0.05, 0) is 41.8 Å². The van der Waals surface area contributed by atoms with E-state index in [1.54, 1.807) is 23.7 Å². The van der Waals surface area contributed by atoms with Crippen molar-refractivity contribution in [1.82, 2.24) is 9.55 Å². The first-order valence-electron chi connectivity index (χ1n) is 8.72. The highest BCUT2D eigenvalue weighted by Gasteiger charge is 2.08. The predicted octanol–water partition coefficient (Wildman–Crippen LogP) is 5.23. The second-order valence-electron chi connectivity index (χ2n) is 6.12. The van der Waals surface area contributed by atoms with Crippen molar-refractivity contribution in [2.24, 2.45) is 4.99 Å². The van der Waals surface area contributed by atoms with E-state index in [1.807, 2.05) is 42.5 Å². The van der Waals surface area contributed by atoms with Crippen molar-refractivity contribution >= 4 is 17.0 Å². The topological polar surface area (TPSA) is 30.2 Å². The number of aromatic nitrogens is 2. The summed E-state index contributed by atoms with van der Waals surface area (Å²) in [5, 5.41) is 2.13. The lowest BCUT2D eigenvalue weighted by molar-refractivity contribution is 0.625. The number of hydrogen-bond acceptors (Lipinski definition) is 3. The molecular formula is C22H18FN3S. The minimum Gasteiger partial charge on any atom is -0.316 e. The van der Waals surface area contributed by atoms with Crippen LogP contribution >= 0.6 is 11.3 Å². The number of halogens is 1. The van der Waals surface area contributed by atoms with Crippen LogP contribution in [0.4, 0.5) is 10.1 Å². The van der Waals surface area contributed by atoms with Crippen molar-refractivity contribution in [2.45, 2.75) is 13.0 Å². The lowest BCUT2D eigenvalue weighted by Crippen LogP contribution is -2.17. The van der Waals surface area contributed by atoms with Gasteiger partial charge in [0, 0.05) is 18.1 Å². The zero-order valence-electron chi connectivity index (χ0n) is 14.6. The molecule has 3 nitrogen and oxygen atoms in total. The van der Waals surface area contributed by atoms with Crippen LogP contribution in [0.25, 0.3) is 11.3 Å². The molecule has 0 saturated heterocycles. The van der Waals surface area contributed by atoms with Crippen molar-refractivity contribution in [3.05, 3.63) is 101 Å². The number of thiazole rings is 1. The molecule has 0 spiro atoms. The molecule has 0 N–H and O–H groups in total. The number of rotatable bonds is 5. The van der Waals surface area contributed by atoms with E-state index in [9.17, 15) is 4.39 Å². The Labute approximate surface area is 161 Å². The summed E-state index contributed by atoms with van der Waals surface area (Å²) in [5.41, 5.74) is 4.21. The molecule has 5 heteroatoms. The fourth-order valence-corrected chi connectivity index (χ4v) is 3.85. The Morgan fingerprint density at radius 1 is 0.963 bits per heavy atom. The van der Waals surface area contributed by atoms with Crippen LogP contribution in [-0.4, -0.2) is 9.55 Å². The lowest BCUT2D eigenvalue weighted by Gasteiger charge is -2.09. The Hall–Kier alpha value is -3.05. The minimum atomic E-state index is -0.209. The molecule has 2 aromatic carbocycles. The maximum absolute atomic E-state index is 13.2. The highest BCUT2D eigenvalue weighted by atomic mass is 32.1. The van der Waals surface area contributed by atoms with E-state index in [4.69, 9.17) is 4.99 Å². The lowest BCUT2D eigenvalue weighted by atomic mass is 10.1. The maximum atomic E-state index is 13.2. The van der Waals surface area contributed by atoms with Gasteiger partial charge in [-0.3, -0.25) is 4.98 Å². The molecule has 0 unspecified atom stereocenters. The zero-order valence-corrected chi connectivity index (χ0v) is 15.4. The summed E-state index contributed by atoms with van der Waals surface area (Å²) < 4.78 is 15.4. The summed E-state index contributed by atoms with van der Waals surface area (Å²) in [5.74, 6) is -0.209. The van der Waals surface area contributed by atoms with E-state index in [-0.39, 0.29) is 5.82 Å².